The highest BCUT2D eigenvalue weighted by Crippen LogP contribution is 2.35. The normalized spacial score (nSPS) is 27.3. The Morgan fingerprint density at radius 1 is 1.33 bits per heavy atom. The molecule has 3 rings (SSSR count). The number of anilines is 1. The van der Waals surface area contributed by atoms with Crippen LogP contribution in [0, 0.1) is 5.41 Å². The van der Waals surface area contributed by atoms with Gasteiger partial charge in [-0.05, 0) is 43.9 Å². The van der Waals surface area contributed by atoms with E-state index in [2.05, 4.69) is 41.4 Å². The van der Waals surface area contributed by atoms with Crippen LogP contribution in [0.4, 0.5) is 5.69 Å². The number of benzene rings is 1. The molecule has 1 fully saturated rings. The second kappa shape index (κ2) is 4.93. The highest BCUT2D eigenvalue weighted by Gasteiger charge is 2.33. The van der Waals surface area contributed by atoms with E-state index < -0.39 is 0 Å². The smallest absolute Gasteiger partial charge is 0.0399 e. The van der Waals surface area contributed by atoms with Crippen molar-refractivity contribution in [2.24, 2.45) is 5.41 Å². The van der Waals surface area contributed by atoms with Crippen molar-refractivity contribution in [2.45, 2.75) is 32.6 Å². The number of para-hydroxylation sites is 1. The Morgan fingerprint density at radius 2 is 2.22 bits per heavy atom. The summed E-state index contributed by atoms with van der Waals surface area (Å²) in [4.78, 5) is 2.62. The minimum atomic E-state index is 0.496. The van der Waals surface area contributed by atoms with Crippen LogP contribution < -0.4 is 10.2 Å². The summed E-state index contributed by atoms with van der Waals surface area (Å²) in [5, 5.41) is 3.60. The van der Waals surface area contributed by atoms with Crippen LogP contribution in [-0.2, 0) is 6.42 Å². The molecule has 2 aliphatic heterocycles. The summed E-state index contributed by atoms with van der Waals surface area (Å²) >= 11 is 0. The van der Waals surface area contributed by atoms with Gasteiger partial charge in [0.2, 0.25) is 0 Å². The molecule has 2 nitrogen and oxygen atoms in total. The van der Waals surface area contributed by atoms with Crippen molar-refractivity contribution < 1.29 is 0 Å². The van der Waals surface area contributed by atoms with Gasteiger partial charge >= 0.3 is 0 Å². The average molecular weight is 244 g/mol. The summed E-state index contributed by atoms with van der Waals surface area (Å²) < 4.78 is 0. The van der Waals surface area contributed by atoms with Gasteiger partial charge in [-0.15, -0.1) is 0 Å². The first-order valence-corrected chi connectivity index (χ1v) is 7.37. The van der Waals surface area contributed by atoms with Crippen LogP contribution >= 0.6 is 0 Å². The molecule has 0 aromatic heterocycles. The van der Waals surface area contributed by atoms with E-state index in [1.54, 1.807) is 0 Å². The minimum Gasteiger partial charge on any atom is -0.370 e. The predicted octanol–water partition coefficient (Wildman–Crippen LogP) is 2.83. The van der Waals surface area contributed by atoms with E-state index in [0.717, 1.165) is 0 Å². The van der Waals surface area contributed by atoms with Crippen LogP contribution in [0.1, 0.15) is 31.7 Å². The van der Waals surface area contributed by atoms with E-state index in [4.69, 9.17) is 0 Å². The van der Waals surface area contributed by atoms with E-state index in [0.29, 0.717) is 5.41 Å². The molecular weight excluding hydrogens is 220 g/mol. The number of piperidine rings is 1. The monoisotopic (exact) mass is 244 g/mol. The molecule has 0 spiro atoms. The van der Waals surface area contributed by atoms with E-state index >= 15 is 0 Å². The molecule has 1 saturated heterocycles. The Balaban J connectivity index is 1.77. The van der Waals surface area contributed by atoms with Crippen molar-refractivity contribution in [3.8, 4) is 0 Å². The van der Waals surface area contributed by atoms with Crippen molar-refractivity contribution in [3.63, 3.8) is 0 Å². The standard InChI is InChI=1S/C16H24N2/c1-2-16(9-5-10-17-12-16)13-18-11-8-14-6-3-4-7-15(14)18/h3-4,6-7,17H,2,5,8-13H2,1H3. The topological polar surface area (TPSA) is 15.3 Å². The van der Waals surface area contributed by atoms with Crippen LogP contribution in [0.25, 0.3) is 0 Å². The van der Waals surface area contributed by atoms with E-state index in [-0.39, 0.29) is 0 Å². The number of hydrogen-bond acceptors (Lipinski definition) is 2. The van der Waals surface area contributed by atoms with Crippen molar-refractivity contribution in [1.82, 2.24) is 5.32 Å². The van der Waals surface area contributed by atoms with Crippen molar-refractivity contribution in [2.75, 3.05) is 31.1 Å². The van der Waals surface area contributed by atoms with Crippen LogP contribution in [0.2, 0.25) is 0 Å². The lowest BCUT2D eigenvalue weighted by atomic mass is 9.78. The Kier molecular flexibility index (Phi) is 3.29. The molecule has 1 unspecified atom stereocenters. The van der Waals surface area contributed by atoms with Crippen LogP contribution in [0.15, 0.2) is 24.3 Å². The fourth-order valence-electron chi connectivity index (χ4n) is 3.55. The zero-order valence-electron chi connectivity index (χ0n) is 11.4. The summed E-state index contributed by atoms with van der Waals surface area (Å²) in [5.74, 6) is 0. The summed E-state index contributed by atoms with van der Waals surface area (Å²) in [6.45, 7) is 7.20. The maximum atomic E-state index is 3.60. The van der Waals surface area contributed by atoms with Gasteiger partial charge in [-0.2, -0.15) is 0 Å². The predicted molar refractivity (Wildman–Crippen MR) is 77.2 cm³/mol. The molecule has 2 heteroatoms. The molecule has 1 aromatic rings. The number of nitrogens with one attached hydrogen (secondary N) is 1. The third-order valence-electron chi connectivity index (χ3n) is 4.82. The molecular formula is C16H24N2. The lowest BCUT2D eigenvalue weighted by Crippen LogP contribution is -2.47. The van der Waals surface area contributed by atoms with Gasteiger partial charge in [0.15, 0.2) is 0 Å². The number of nitrogens with zero attached hydrogens (tertiary/aromatic N) is 1. The summed E-state index contributed by atoms with van der Waals surface area (Å²) in [5.41, 5.74) is 3.51. The molecule has 0 bridgehead atoms. The molecule has 0 aliphatic carbocycles. The van der Waals surface area contributed by atoms with Crippen LogP contribution in [-0.4, -0.2) is 26.2 Å². The van der Waals surface area contributed by atoms with Crippen LogP contribution in [0.5, 0.6) is 0 Å². The largest absolute Gasteiger partial charge is 0.370 e. The fraction of sp³-hybridized carbons (Fsp3) is 0.625. The molecule has 1 aromatic carbocycles. The van der Waals surface area contributed by atoms with Crippen molar-refractivity contribution in [1.29, 1.82) is 0 Å². The second-order valence-electron chi connectivity index (χ2n) is 5.93. The fourth-order valence-corrected chi connectivity index (χ4v) is 3.55. The zero-order chi connectivity index (χ0) is 12.4. The Morgan fingerprint density at radius 3 is 3.00 bits per heavy atom. The molecule has 98 valence electrons. The Hall–Kier alpha value is -1.02. The molecule has 2 aliphatic rings. The van der Waals surface area contributed by atoms with Crippen molar-refractivity contribution >= 4 is 5.69 Å². The highest BCUT2D eigenvalue weighted by atomic mass is 15.2. The lowest BCUT2D eigenvalue weighted by Gasteiger charge is -2.40. The first-order chi connectivity index (χ1) is 8.83. The first kappa shape index (κ1) is 12.0. The summed E-state index contributed by atoms with van der Waals surface area (Å²) in [7, 11) is 0. The summed E-state index contributed by atoms with van der Waals surface area (Å²) in [6, 6.07) is 8.92. The van der Waals surface area contributed by atoms with Gasteiger partial charge in [0.1, 0.15) is 0 Å². The quantitative estimate of drug-likeness (QED) is 0.879. The maximum absolute atomic E-state index is 3.60. The third kappa shape index (κ3) is 2.14. The Bertz CT molecular complexity index is 407. The number of rotatable bonds is 3. The third-order valence-corrected chi connectivity index (χ3v) is 4.82. The molecule has 1 N–H and O–H groups in total. The van der Waals surface area contributed by atoms with E-state index in [1.165, 1.54) is 63.1 Å². The molecule has 0 radical (unpaired) electrons. The second-order valence-corrected chi connectivity index (χ2v) is 5.93. The Labute approximate surface area is 110 Å². The average Bonchev–Trinajstić information content (AvgIpc) is 2.83. The number of hydrogen-bond donors (Lipinski definition) is 1. The maximum Gasteiger partial charge on any atom is 0.0399 e. The number of fused-ring (bicyclic) bond motifs is 1. The summed E-state index contributed by atoms with van der Waals surface area (Å²) in [6.07, 6.45) is 5.24. The molecule has 1 atom stereocenters. The SMILES string of the molecule is CCC1(CN2CCc3ccccc32)CCCNC1. The molecule has 0 amide bonds. The first-order valence-electron chi connectivity index (χ1n) is 7.37. The van der Waals surface area contributed by atoms with E-state index in [9.17, 15) is 0 Å². The van der Waals surface area contributed by atoms with E-state index in [1.807, 2.05) is 0 Å². The molecule has 18 heavy (non-hydrogen) atoms. The van der Waals surface area contributed by atoms with Crippen molar-refractivity contribution in [3.05, 3.63) is 29.8 Å². The van der Waals surface area contributed by atoms with Gasteiger partial charge in [-0.1, -0.05) is 25.1 Å². The molecule has 0 saturated carbocycles. The van der Waals surface area contributed by atoms with Gasteiger partial charge < -0.3 is 10.2 Å². The zero-order valence-corrected chi connectivity index (χ0v) is 11.4. The highest BCUT2D eigenvalue weighted by molar-refractivity contribution is 5.57. The lowest BCUT2D eigenvalue weighted by molar-refractivity contribution is 0.206. The minimum absolute atomic E-state index is 0.496. The van der Waals surface area contributed by atoms with Gasteiger partial charge in [-0.3, -0.25) is 0 Å². The van der Waals surface area contributed by atoms with Gasteiger partial charge in [0.25, 0.3) is 0 Å². The molecule has 2 heterocycles. The van der Waals surface area contributed by atoms with Crippen LogP contribution in [0.3, 0.4) is 0 Å². The van der Waals surface area contributed by atoms with Gasteiger partial charge in [-0.25, -0.2) is 0 Å². The van der Waals surface area contributed by atoms with Gasteiger partial charge in [0.05, 0.1) is 0 Å². The van der Waals surface area contributed by atoms with Gasteiger partial charge in [0, 0.05) is 30.7 Å².